The maximum absolute atomic E-state index is 12.3. The van der Waals surface area contributed by atoms with E-state index in [1.807, 2.05) is 44.2 Å². The summed E-state index contributed by atoms with van der Waals surface area (Å²) in [5.41, 5.74) is 3.11. The van der Waals surface area contributed by atoms with Crippen molar-refractivity contribution in [3.05, 3.63) is 70.8 Å². The van der Waals surface area contributed by atoms with Crippen molar-refractivity contribution in [2.24, 2.45) is 0 Å². The van der Waals surface area contributed by atoms with Crippen molar-refractivity contribution in [1.29, 1.82) is 0 Å². The maximum atomic E-state index is 12.3. The Bertz CT molecular complexity index is 741. The zero-order valence-electron chi connectivity index (χ0n) is 15.5. The zero-order chi connectivity index (χ0) is 18.9. The van der Waals surface area contributed by atoms with Crippen molar-refractivity contribution < 1.29 is 14.3 Å². The molecular formula is C21H26N2O3. The lowest BCUT2D eigenvalue weighted by atomic mass is 10.1. The molecule has 0 radical (unpaired) electrons. The quantitative estimate of drug-likeness (QED) is 0.764. The van der Waals surface area contributed by atoms with E-state index in [2.05, 4.69) is 10.6 Å². The first kappa shape index (κ1) is 19.7. The molecule has 0 aliphatic carbocycles. The van der Waals surface area contributed by atoms with Gasteiger partial charge in [0.25, 0.3) is 11.8 Å². The second-order valence-electron chi connectivity index (χ2n) is 6.30. The van der Waals surface area contributed by atoms with Gasteiger partial charge in [0.1, 0.15) is 0 Å². The van der Waals surface area contributed by atoms with Crippen molar-refractivity contribution in [2.45, 2.75) is 39.5 Å². The van der Waals surface area contributed by atoms with Crippen LogP contribution in [0, 0.1) is 0 Å². The summed E-state index contributed by atoms with van der Waals surface area (Å²) in [6, 6.07) is 14.8. The molecule has 0 fully saturated rings. The molecule has 0 aliphatic heterocycles. The van der Waals surface area contributed by atoms with Gasteiger partial charge in [-0.05, 0) is 48.7 Å². The maximum Gasteiger partial charge on any atom is 0.251 e. The number of methoxy groups -OCH3 is 1. The van der Waals surface area contributed by atoms with Gasteiger partial charge in [-0.1, -0.05) is 31.2 Å². The van der Waals surface area contributed by atoms with Gasteiger partial charge in [0, 0.05) is 30.8 Å². The van der Waals surface area contributed by atoms with E-state index in [-0.39, 0.29) is 17.9 Å². The second-order valence-corrected chi connectivity index (χ2v) is 6.30. The highest BCUT2D eigenvalue weighted by molar-refractivity contribution is 5.95. The molecular weight excluding hydrogens is 328 g/mol. The van der Waals surface area contributed by atoms with Crippen LogP contribution in [-0.2, 0) is 17.9 Å². The number of nitrogens with one attached hydrogen (secondary N) is 2. The molecule has 0 unspecified atom stereocenters. The average Bonchev–Trinajstić information content (AvgIpc) is 2.66. The number of ether oxygens (including phenoxy) is 1. The lowest BCUT2D eigenvalue weighted by Crippen LogP contribution is -2.31. The Balaban J connectivity index is 1.92. The minimum Gasteiger partial charge on any atom is -0.380 e. The van der Waals surface area contributed by atoms with Crippen molar-refractivity contribution in [2.75, 3.05) is 7.11 Å². The first-order valence-corrected chi connectivity index (χ1v) is 8.79. The Hall–Kier alpha value is -2.66. The molecule has 0 spiro atoms. The first-order valence-electron chi connectivity index (χ1n) is 8.79. The van der Waals surface area contributed by atoms with Crippen LogP contribution in [0.15, 0.2) is 48.5 Å². The largest absolute Gasteiger partial charge is 0.380 e. The van der Waals surface area contributed by atoms with Crippen LogP contribution in [-0.4, -0.2) is 25.0 Å². The van der Waals surface area contributed by atoms with Crippen molar-refractivity contribution in [1.82, 2.24) is 10.6 Å². The Morgan fingerprint density at radius 1 is 1.00 bits per heavy atom. The molecule has 0 saturated carbocycles. The predicted octanol–water partition coefficient (Wildman–Crippen LogP) is 3.29. The second kappa shape index (κ2) is 9.73. The monoisotopic (exact) mass is 354 g/mol. The highest BCUT2D eigenvalue weighted by Crippen LogP contribution is 2.08. The van der Waals surface area contributed by atoms with Crippen LogP contribution in [0.4, 0.5) is 0 Å². The molecule has 2 aromatic rings. The Morgan fingerprint density at radius 3 is 2.38 bits per heavy atom. The topological polar surface area (TPSA) is 67.4 Å². The molecule has 0 aliphatic rings. The molecule has 2 rings (SSSR count). The summed E-state index contributed by atoms with van der Waals surface area (Å²) in [5.74, 6) is -0.216. The van der Waals surface area contributed by atoms with Crippen LogP contribution in [0.3, 0.4) is 0 Å². The van der Waals surface area contributed by atoms with Crippen LogP contribution < -0.4 is 10.6 Å². The molecule has 5 nitrogen and oxygen atoms in total. The summed E-state index contributed by atoms with van der Waals surface area (Å²) in [5, 5.41) is 5.83. The van der Waals surface area contributed by atoms with Crippen LogP contribution in [0.5, 0.6) is 0 Å². The van der Waals surface area contributed by atoms with E-state index in [1.165, 1.54) is 0 Å². The van der Waals surface area contributed by atoms with E-state index in [4.69, 9.17) is 4.74 Å². The molecule has 2 amide bonds. The standard InChI is InChI=1S/C21H26N2O3/c1-4-15(2)23-21(25)18-10-8-16(9-11-18)13-22-20(24)19-7-5-6-17(12-19)14-26-3/h5-12,15H,4,13-14H2,1-3H3,(H,22,24)(H,23,25)/t15-/m0/s1. The molecule has 138 valence electrons. The number of rotatable bonds is 8. The zero-order valence-corrected chi connectivity index (χ0v) is 15.5. The van der Waals surface area contributed by atoms with E-state index in [0.717, 1.165) is 17.5 Å². The third-order valence-electron chi connectivity index (χ3n) is 4.16. The smallest absolute Gasteiger partial charge is 0.251 e. The lowest BCUT2D eigenvalue weighted by Gasteiger charge is -2.12. The van der Waals surface area contributed by atoms with E-state index < -0.39 is 0 Å². The number of hydrogen-bond donors (Lipinski definition) is 2. The molecule has 5 heteroatoms. The van der Waals surface area contributed by atoms with Crippen LogP contribution in [0.1, 0.15) is 52.1 Å². The number of amides is 2. The summed E-state index contributed by atoms with van der Waals surface area (Å²) in [6.45, 7) is 4.88. The molecule has 0 heterocycles. The highest BCUT2D eigenvalue weighted by Gasteiger charge is 2.09. The van der Waals surface area contributed by atoms with Crippen molar-refractivity contribution in [3.63, 3.8) is 0 Å². The van der Waals surface area contributed by atoms with Crippen molar-refractivity contribution in [3.8, 4) is 0 Å². The summed E-state index contributed by atoms with van der Waals surface area (Å²) in [7, 11) is 1.62. The first-order chi connectivity index (χ1) is 12.5. The number of carbonyl (C=O) groups excluding carboxylic acids is 2. The molecule has 0 aromatic heterocycles. The summed E-state index contributed by atoms with van der Waals surface area (Å²) in [6.07, 6.45) is 0.890. The third kappa shape index (κ3) is 5.70. The van der Waals surface area contributed by atoms with E-state index in [1.54, 1.807) is 25.3 Å². The molecule has 2 aromatic carbocycles. The Kier molecular flexibility index (Phi) is 7.36. The summed E-state index contributed by atoms with van der Waals surface area (Å²) >= 11 is 0. The number of carbonyl (C=O) groups is 2. The van der Waals surface area contributed by atoms with Gasteiger partial charge < -0.3 is 15.4 Å². The Morgan fingerprint density at radius 2 is 1.73 bits per heavy atom. The molecule has 0 bridgehead atoms. The molecule has 26 heavy (non-hydrogen) atoms. The van der Waals surface area contributed by atoms with Crippen molar-refractivity contribution >= 4 is 11.8 Å². The normalized spacial score (nSPS) is 11.7. The molecule has 1 atom stereocenters. The minimum absolute atomic E-state index is 0.0788. The third-order valence-corrected chi connectivity index (χ3v) is 4.16. The number of hydrogen-bond acceptors (Lipinski definition) is 3. The number of benzene rings is 2. The predicted molar refractivity (Wildman–Crippen MR) is 102 cm³/mol. The van der Waals surface area contributed by atoms with E-state index >= 15 is 0 Å². The average molecular weight is 354 g/mol. The van der Waals surface area contributed by atoms with Crippen LogP contribution >= 0.6 is 0 Å². The minimum atomic E-state index is -0.137. The van der Waals surface area contributed by atoms with E-state index in [9.17, 15) is 9.59 Å². The molecule has 2 N–H and O–H groups in total. The van der Waals surface area contributed by atoms with Gasteiger partial charge in [0.05, 0.1) is 6.61 Å². The highest BCUT2D eigenvalue weighted by atomic mass is 16.5. The van der Waals surface area contributed by atoms with Gasteiger partial charge in [-0.3, -0.25) is 9.59 Å². The van der Waals surface area contributed by atoms with Gasteiger partial charge in [0.2, 0.25) is 0 Å². The van der Waals surface area contributed by atoms with Gasteiger partial charge >= 0.3 is 0 Å². The lowest BCUT2D eigenvalue weighted by molar-refractivity contribution is 0.0934. The van der Waals surface area contributed by atoms with Gasteiger partial charge in [-0.2, -0.15) is 0 Å². The fourth-order valence-electron chi connectivity index (χ4n) is 2.44. The van der Waals surface area contributed by atoms with E-state index in [0.29, 0.717) is 24.3 Å². The van der Waals surface area contributed by atoms with Crippen LogP contribution in [0.2, 0.25) is 0 Å². The fourth-order valence-corrected chi connectivity index (χ4v) is 2.44. The van der Waals surface area contributed by atoms with Gasteiger partial charge in [-0.15, -0.1) is 0 Å². The summed E-state index contributed by atoms with van der Waals surface area (Å²) in [4.78, 5) is 24.4. The Labute approximate surface area is 154 Å². The van der Waals surface area contributed by atoms with Gasteiger partial charge in [-0.25, -0.2) is 0 Å². The fraction of sp³-hybridized carbons (Fsp3) is 0.333. The summed E-state index contributed by atoms with van der Waals surface area (Å²) < 4.78 is 5.09. The van der Waals surface area contributed by atoms with Gasteiger partial charge in [0.15, 0.2) is 0 Å². The molecule has 0 saturated heterocycles. The SMILES string of the molecule is CC[C@H](C)NC(=O)c1ccc(CNC(=O)c2cccc(COC)c2)cc1. The van der Waals surface area contributed by atoms with Crippen LogP contribution in [0.25, 0.3) is 0 Å².